The maximum Gasteiger partial charge on any atom is 0.264 e. The molecule has 1 unspecified atom stereocenters. The lowest BCUT2D eigenvalue weighted by Gasteiger charge is -2.23. The molecule has 1 atom stereocenters. The first-order valence-corrected chi connectivity index (χ1v) is 11.4. The molecule has 154 valence electrons. The molecule has 4 rings (SSSR count). The summed E-state index contributed by atoms with van der Waals surface area (Å²) in [6.07, 6.45) is -0.333. The number of benzene rings is 2. The molecule has 1 aliphatic rings. The van der Waals surface area contributed by atoms with E-state index in [1.165, 1.54) is 16.2 Å². The zero-order valence-corrected chi connectivity index (χ0v) is 19.7. The number of amides is 1. The number of anilines is 1. The number of aryl methyl sites for hydroxylation is 1. The normalized spacial score (nSPS) is 18.0. The molecule has 2 heterocycles. The number of rotatable bonds is 5. The first kappa shape index (κ1) is 21.5. The number of carbonyl (C=O) groups is 2. The van der Waals surface area contributed by atoms with Crippen molar-refractivity contribution in [3.05, 3.63) is 83.9 Å². The van der Waals surface area contributed by atoms with Crippen LogP contribution in [0.25, 0.3) is 0 Å². The van der Waals surface area contributed by atoms with Gasteiger partial charge >= 0.3 is 0 Å². The van der Waals surface area contributed by atoms with Gasteiger partial charge in [-0.2, -0.15) is 0 Å². The summed E-state index contributed by atoms with van der Waals surface area (Å²) in [5.74, 6) is -0.829. The minimum Gasteiger partial charge on any atom is -0.375 e. The third-order valence-electron chi connectivity index (χ3n) is 5.07. The van der Waals surface area contributed by atoms with E-state index in [1.54, 1.807) is 42.5 Å². The second-order valence-electron chi connectivity index (χ2n) is 7.16. The molecule has 0 saturated heterocycles. The molecule has 0 saturated carbocycles. The Morgan fingerprint density at radius 3 is 2.60 bits per heavy atom. The fourth-order valence-electron chi connectivity index (χ4n) is 3.57. The number of fused-ring (bicyclic) bond motifs is 1. The van der Waals surface area contributed by atoms with Gasteiger partial charge in [-0.05, 0) is 55.0 Å². The summed E-state index contributed by atoms with van der Waals surface area (Å²) in [5.41, 5.74) is -0.319. The Balaban J connectivity index is 1.72. The second kappa shape index (κ2) is 8.09. The summed E-state index contributed by atoms with van der Waals surface area (Å²) in [4.78, 5) is 29.2. The van der Waals surface area contributed by atoms with Crippen LogP contribution in [0.2, 0.25) is 10.0 Å². The van der Waals surface area contributed by atoms with Crippen LogP contribution in [-0.2, 0) is 16.9 Å². The quantitative estimate of drug-likeness (QED) is 0.408. The van der Waals surface area contributed by atoms with Gasteiger partial charge in [-0.3, -0.25) is 9.59 Å². The van der Waals surface area contributed by atoms with Gasteiger partial charge in [0, 0.05) is 25.0 Å². The Morgan fingerprint density at radius 1 is 1.17 bits per heavy atom. The van der Waals surface area contributed by atoms with Crippen molar-refractivity contribution in [1.29, 1.82) is 0 Å². The van der Waals surface area contributed by atoms with E-state index in [2.05, 4.69) is 15.9 Å². The summed E-state index contributed by atoms with van der Waals surface area (Å²) >= 11 is 17.0. The van der Waals surface area contributed by atoms with Crippen molar-refractivity contribution in [3.8, 4) is 0 Å². The monoisotopic (exact) mass is 523 g/mol. The van der Waals surface area contributed by atoms with Crippen LogP contribution in [0.3, 0.4) is 0 Å². The largest absolute Gasteiger partial charge is 0.375 e. The molecule has 1 aliphatic heterocycles. The highest BCUT2D eigenvalue weighted by atomic mass is 79.9. The van der Waals surface area contributed by atoms with Crippen LogP contribution in [0.4, 0.5) is 5.69 Å². The molecule has 0 aliphatic carbocycles. The second-order valence-corrected chi connectivity index (χ2v) is 10.2. The molecule has 0 fully saturated rings. The van der Waals surface area contributed by atoms with Crippen LogP contribution in [0.15, 0.2) is 53.0 Å². The number of halogens is 3. The van der Waals surface area contributed by atoms with E-state index in [1.807, 2.05) is 13.0 Å². The van der Waals surface area contributed by atoms with Gasteiger partial charge < -0.3 is 10.0 Å². The van der Waals surface area contributed by atoms with Gasteiger partial charge in [0.2, 0.25) is 0 Å². The molecule has 3 aromatic rings. The van der Waals surface area contributed by atoms with Crippen molar-refractivity contribution in [2.45, 2.75) is 25.5 Å². The predicted octanol–water partition coefficient (Wildman–Crippen LogP) is 6.13. The molecule has 4 nitrogen and oxygen atoms in total. The van der Waals surface area contributed by atoms with E-state index in [-0.39, 0.29) is 18.7 Å². The highest BCUT2D eigenvalue weighted by Gasteiger charge is 2.51. The summed E-state index contributed by atoms with van der Waals surface area (Å²) in [6, 6.07) is 13.8. The number of carbonyl (C=O) groups excluding carboxylic acids is 2. The maximum atomic E-state index is 13.4. The number of hydrogen-bond donors (Lipinski definition) is 1. The fourth-order valence-corrected chi connectivity index (χ4v) is 5.21. The first-order chi connectivity index (χ1) is 14.2. The third-order valence-corrected chi connectivity index (χ3v) is 7.19. The molecule has 30 heavy (non-hydrogen) atoms. The van der Waals surface area contributed by atoms with Crippen LogP contribution < -0.4 is 4.90 Å². The average Bonchev–Trinajstić information content (AvgIpc) is 3.20. The number of thiophene rings is 1. The van der Waals surface area contributed by atoms with Gasteiger partial charge in [-0.1, -0.05) is 45.2 Å². The Bertz CT molecular complexity index is 1180. The zero-order valence-electron chi connectivity index (χ0n) is 15.8. The minimum atomic E-state index is -1.95. The van der Waals surface area contributed by atoms with E-state index >= 15 is 0 Å². The highest BCUT2D eigenvalue weighted by molar-refractivity contribution is 9.10. The third kappa shape index (κ3) is 3.83. The van der Waals surface area contributed by atoms with Gasteiger partial charge in [0.15, 0.2) is 11.4 Å². The SMILES string of the molecule is Cc1ccc(C(=O)CC2(O)C(=O)N(Cc3ccc(Cl)cc3Cl)c3ccc(Br)cc32)s1. The number of Topliss-reactive ketones (excluding diaryl/α,β-unsaturated/α-hetero) is 1. The average molecular weight is 525 g/mol. The molecular weight excluding hydrogens is 509 g/mol. The van der Waals surface area contributed by atoms with Crippen LogP contribution in [0, 0.1) is 6.92 Å². The van der Waals surface area contributed by atoms with Gasteiger partial charge in [-0.25, -0.2) is 0 Å². The molecule has 0 radical (unpaired) electrons. The Labute approximate surface area is 196 Å². The Kier molecular flexibility index (Phi) is 5.81. The van der Waals surface area contributed by atoms with E-state index < -0.39 is 11.5 Å². The molecule has 1 N–H and O–H groups in total. The van der Waals surface area contributed by atoms with Crippen LogP contribution in [0.1, 0.15) is 32.1 Å². The van der Waals surface area contributed by atoms with E-state index in [9.17, 15) is 14.7 Å². The van der Waals surface area contributed by atoms with E-state index in [0.717, 1.165) is 4.88 Å². The zero-order chi connectivity index (χ0) is 21.6. The summed E-state index contributed by atoms with van der Waals surface area (Å²) in [5, 5.41) is 12.4. The van der Waals surface area contributed by atoms with Gasteiger partial charge in [-0.15, -0.1) is 11.3 Å². The fraction of sp³-hybridized carbons (Fsp3) is 0.182. The molecule has 2 aromatic carbocycles. The van der Waals surface area contributed by atoms with Crippen molar-refractivity contribution in [2.24, 2.45) is 0 Å². The number of hydrogen-bond acceptors (Lipinski definition) is 4. The van der Waals surface area contributed by atoms with Gasteiger partial charge in [0.25, 0.3) is 5.91 Å². The van der Waals surface area contributed by atoms with Crippen molar-refractivity contribution < 1.29 is 14.7 Å². The molecular formula is C22H16BrCl2NO3S. The number of ketones is 1. The molecule has 0 spiro atoms. The lowest BCUT2D eigenvalue weighted by Crippen LogP contribution is -2.41. The standard InChI is InChI=1S/C22H16BrCl2NO3S/c1-12-2-7-20(30-12)19(27)10-22(29)16-8-14(23)4-6-18(16)26(21(22)28)11-13-3-5-15(24)9-17(13)25/h2-9,29H,10-11H2,1H3. The number of aliphatic hydroxyl groups is 1. The van der Waals surface area contributed by atoms with Crippen molar-refractivity contribution in [1.82, 2.24) is 0 Å². The molecule has 1 aromatic heterocycles. The minimum absolute atomic E-state index is 0.151. The highest BCUT2D eigenvalue weighted by Crippen LogP contribution is 2.45. The van der Waals surface area contributed by atoms with Gasteiger partial charge in [0.05, 0.1) is 23.5 Å². The molecule has 8 heteroatoms. The first-order valence-electron chi connectivity index (χ1n) is 9.07. The topological polar surface area (TPSA) is 57.6 Å². The summed E-state index contributed by atoms with van der Waals surface area (Å²) < 4.78 is 0.707. The van der Waals surface area contributed by atoms with Crippen molar-refractivity contribution in [2.75, 3.05) is 4.90 Å². The van der Waals surface area contributed by atoms with E-state index in [4.69, 9.17) is 23.2 Å². The Morgan fingerprint density at radius 2 is 1.93 bits per heavy atom. The summed E-state index contributed by atoms with van der Waals surface area (Å²) in [6.45, 7) is 2.05. The van der Waals surface area contributed by atoms with Crippen molar-refractivity contribution >= 4 is 67.8 Å². The predicted molar refractivity (Wildman–Crippen MR) is 124 cm³/mol. The van der Waals surface area contributed by atoms with Crippen LogP contribution in [-0.4, -0.2) is 16.8 Å². The van der Waals surface area contributed by atoms with E-state index in [0.29, 0.717) is 36.2 Å². The lowest BCUT2D eigenvalue weighted by molar-refractivity contribution is -0.136. The lowest BCUT2D eigenvalue weighted by atomic mass is 9.89. The van der Waals surface area contributed by atoms with Crippen LogP contribution >= 0.6 is 50.5 Å². The Hall–Kier alpha value is -1.70. The molecule has 0 bridgehead atoms. The smallest absolute Gasteiger partial charge is 0.264 e. The summed E-state index contributed by atoms with van der Waals surface area (Å²) in [7, 11) is 0. The van der Waals surface area contributed by atoms with Crippen LogP contribution in [0.5, 0.6) is 0 Å². The van der Waals surface area contributed by atoms with Crippen molar-refractivity contribution in [3.63, 3.8) is 0 Å². The molecule has 1 amide bonds. The maximum absolute atomic E-state index is 13.4. The number of nitrogens with zero attached hydrogens (tertiary/aromatic N) is 1. The van der Waals surface area contributed by atoms with Gasteiger partial charge in [0.1, 0.15) is 0 Å².